The van der Waals surface area contributed by atoms with Crippen molar-refractivity contribution < 1.29 is 4.79 Å². The smallest absolute Gasteiger partial charge is 0.236 e. The molecule has 0 bridgehead atoms. The molecular formula is C27H28N4OS. The third-order valence-electron chi connectivity index (χ3n) is 6.38. The summed E-state index contributed by atoms with van der Waals surface area (Å²) in [4.78, 5) is 25.0. The summed E-state index contributed by atoms with van der Waals surface area (Å²) in [6.45, 7) is 8.19. The Balaban J connectivity index is 1.78. The second-order valence-electron chi connectivity index (χ2n) is 9.06. The summed E-state index contributed by atoms with van der Waals surface area (Å²) in [5, 5.41) is 9.33. The largest absolute Gasteiger partial charge is 0.303 e. The van der Waals surface area contributed by atoms with E-state index >= 15 is 0 Å². The zero-order valence-corrected chi connectivity index (χ0v) is 20.5. The van der Waals surface area contributed by atoms with Crippen LogP contribution in [-0.2, 0) is 10.2 Å². The molecule has 2 aromatic heterocycles. The van der Waals surface area contributed by atoms with Crippen molar-refractivity contribution in [3.63, 3.8) is 0 Å². The lowest BCUT2D eigenvalue weighted by Gasteiger charge is -2.43. The van der Waals surface area contributed by atoms with Crippen LogP contribution < -0.4 is 0 Å². The minimum atomic E-state index is -0.614. The van der Waals surface area contributed by atoms with E-state index in [-0.39, 0.29) is 5.91 Å². The van der Waals surface area contributed by atoms with Crippen LogP contribution in [0.3, 0.4) is 0 Å². The molecule has 1 aromatic carbocycles. The molecule has 3 heterocycles. The lowest BCUT2D eigenvalue weighted by Crippen LogP contribution is -2.52. The molecule has 5 nitrogen and oxygen atoms in total. The van der Waals surface area contributed by atoms with Gasteiger partial charge in [0, 0.05) is 48.6 Å². The fourth-order valence-corrected chi connectivity index (χ4v) is 5.48. The quantitative estimate of drug-likeness (QED) is 0.521. The molecule has 4 rings (SSSR count). The van der Waals surface area contributed by atoms with Gasteiger partial charge in [-0.15, -0.1) is 17.3 Å². The van der Waals surface area contributed by atoms with Crippen LogP contribution in [0.5, 0.6) is 0 Å². The number of benzene rings is 1. The molecule has 168 valence electrons. The molecule has 0 radical (unpaired) electrons. The predicted molar refractivity (Wildman–Crippen MR) is 134 cm³/mol. The SMILES string of the molecule is CC#Cc1cncc(-c2cnc([C@@]3(C)CC(=N)N(C)C(=O)C3c3ccc(C(C)C)cc3)s2)c1. The van der Waals surface area contributed by atoms with Crippen molar-refractivity contribution in [2.45, 2.75) is 51.4 Å². The van der Waals surface area contributed by atoms with Crippen molar-refractivity contribution in [2.75, 3.05) is 7.05 Å². The van der Waals surface area contributed by atoms with Gasteiger partial charge < -0.3 is 4.90 Å². The maximum Gasteiger partial charge on any atom is 0.236 e. The number of likely N-dealkylation sites (tertiary alicyclic amines) is 1. The Morgan fingerprint density at radius 2 is 1.94 bits per heavy atom. The number of carbonyl (C=O) groups is 1. The number of rotatable bonds is 4. The second-order valence-corrected chi connectivity index (χ2v) is 10.1. The number of carbonyl (C=O) groups excluding carboxylic acids is 1. The molecule has 0 saturated carbocycles. The first-order valence-corrected chi connectivity index (χ1v) is 11.9. The van der Waals surface area contributed by atoms with E-state index < -0.39 is 11.3 Å². The van der Waals surface area contributed by atoms with Gasteiger partial charge in [-0.2, -0.15) is 0 Å². The zero-order chi connectivity index (χ0) is 23.8. The van der Waals surface area contributed by atoms with Crippen molar-refractivity contribution in [1.29, 1.82) is 5.41 Å². The summed E-state index contributed by atoms with van der Waals surface area (Å²) in [5.41, 5.74) is 3.40. The topological polar surface area (TPSA) is 69.9 Å². The van der Waals surface area contributed by atoms with Gasteiger partial charge in [0.25, 0.3) is 0 Å². The average molecular weight is 457 g/mol. The first-order chi connectivity index (χ1) is 15.7. The van der Waals surface area contributed by atoms with Gasteiger partial charge >= 0.3 is 0 Å². The van der Waals surface area contributed by atoms with Crippen molar-refractivity contribution in [3.8, 4) is 22.3 Å². The van der Waals surface area contributed by atoms with Gasteiger partial charge in [0.2, 0.25) is 5.91 Å². The number of amides is 1. The number of nitrogens with zero attached hydrogens (tertiary/aromatic N) is 3. The Kier molecular flexibility index (Phi) is 6.18. The lowest BCUT2D eigenvalue weighted by atomic mass is 9.68. The Morgan fingerprint density at radius 1 is 1.21 bits per heavy atom. The zero-order valence-electron chi connectivity index (χ0n) is 19.6. The highest BCUT2D eigenvalue weighted by Gasteiger charge is 2.50. The summed E-state index contributed by atoms with van der Waals surface area (Å²) >= 11 is 1.56. The van der Waals surface area contributed by atoms with Crippen molar-refractivity contribution in [3.05, 3.63) is 70.6 Å². The molecule has 1 saturated heterocycles. The molecule has 1 aliphatic heterocycles. The molecule has 2 atom stereocenters. The van der Waals surface area contributed by atoms with Crippen molar-refractivity contribution in [2.24, 2.45) is 0 Å². The van der Waals surface area contributed by atoms with Crippen LogP contribution in [0.2, 0.25) is 0 Å². The number of thiazole rings is 1. The minimum Gasteiger partial charge on any atom is -0.303 e. The molecule has 0 spiro atoms. The van der Waals surface area contributed by atoms with E-state index in [1.54, 1.807) is 31.5 Å². The number of hydrogen-bond donors (Lipinski definition) is 1. The number of aromatic nitrogens is 2. The maximum atomic E-state index is 13.5. The molecular weight excluding hydrogens is 428 g/mol. The van der Waals surface area contributed by atoms with Gasteiger partial charge in [0.1, 0.15) is 10.8 Å². The van der Waals surface area contributed by atoms with Crippen molar-refractivity contribution in [1.82, 2.24) is 14.9 Å². The van der Waals surface area contributed by atoms with Crippen LogP contribution in [-0.4, -0.2) is 33.7 Å². The summed E-state index contributed by atoms with van der Waals surface area (Å²) in [6.07, 6.45) is 5.84. The Bertz CT molecular complexity index is 1270. The molecule has 33 heavy (non-hydrogen) atoms. The third kappa shape index (κ3) is 4.21. The highest BCUT2D eigenvalue weighted by molar-refractivity contribution is 7.15. The number of hydrogen-bond acceptors (Lipinski definition) is 5. The number of nitrogens with one attached hydrogen (secondary N) is 1. The van der Waals surface area contributed by atoms with E-state index in [1.165, 1.54) is 10.5 Å². The molecule has 3 aromatic rings. The number of piperidine rings is 1. The fourth-order valence-electron chi connectivity index (χ4n) is 4.41. The molecule has 1 fully saturated rings. The standard InChI is InChI=1S/C27H28N4OS/c1-6-7-18-12-21(15-29-14-18)22-16-30-26(33-22)27(4)13-23(28)31(5)25(32)24(27)20-10-8-19(9-11-20)17(2)3/h8-12,14-17,24,28H,13H2,1-5H3/t24?,27-/m0/s1. The van der Waals surface area contributed by atoms with Gasteiger partial charge in [0.05, 0.1) is 10.8 Å². The van der Waals surface area contributed by atoms with Crippen LogP contribution in [0.25, 0.3) is 10.4 Å². The van der Waals surface area contributed by atoms with E-state index in [9.17, 15) is 4.79 Å². The Hall–Kier alpha value is -3.30. The van der Waals surface area contributed by atoms with E-state index in [1.807, 2.05) is 18.5 Å². The number of likely N-dealkylation sites (N-methyl/N-ethyl adjacent to an activating group) is 1. The lowest BCUT2D eigenvalue weighted by molar-refractivity contribution is -0.131. The Morgan fingerprint density at radius 3 is 2.61 bits per heavy atom. The summed E-state index contributed by atoms with van der Waals surface area (Å²) in [5.74, 6) is 6.22. The normalized spacial score (nSPS) is 20.7. The maximum absolute atomic E-state index is 13.5. The molecule has 1 unspecified atom stereocenters. The first-order valence-electron chi connectivity index (χ1n) is 11.0. The fraction of sp³-hybridized carbons (Fsp3) is 0.333. The minimum absolute atomic E-state index is 0.0651. The number of pyridine rings is 1. The molecule has 1 aliphatic rings. The van der Waals surface area contributed by atoms with Gasteiger partial charge in [-0.05, 0) is 30.0 Å². The van der Waals surface area contributed by atoms with Gasteiger partial charge in [-0.25, -0.2) is 4.98 Å². The number of amidine groups is 1. The van der Waals surface area contributed by atoms with Crippen LogP contribution in [0.4, 0.5) is 0 Å². The van der Waals surface area contributed by atoms with Gasteiger partial charge in [-0.3, -0.25) is 15.2 Å². The van der Waals surface area contributed by atoms with Gasteiger partial charge in [-0.1, -0.05) is 51.0 Å². The van der Waals surface area contributed by atoms with Crippen LogP contribution in [0.1, 0.15) is 67.6 Å². The molecule has 6 heteroatoms. The van der Waals surface area contributed by atoms with Crippen LogP contribution >= 0.6 is 11.3 Å². The van der Waals surface area contributed by atoms with E-state index in [0.717, 1.165) is 26.6 Å². The van der Waals surface area contributed by atoms with E-state index in [4.69, 9.17) is 10.4 Å². The van der Waals surface area contributed by atoms with Crippen LogP contribution in [0.15, 0.2) is 48.9 Å². The molecule has 0 aliphatic carbocycles. The second kappa shape index (κ2) is 8.92. The highest BCUT2D eigenvalue weighted by atomic mass is 32.1. The molecule has 1 amide bonds. The monoisotopic (exact) mass is 456 g/mol. The van der Waals surface area contributed by atoms with Gasteiger partial charge in [0.15, 0.2) is 0 Å². The van der Waals surface area contributed by atoms with E-state index in [0.29, 0.717) is 18.2 Å². The Labute approximate surface area is 199 Å². The summed E-state index contributed by atoms with van der Waals surface area (Å²) < 4.78 is 0. The molecule has 1 N–H and O–H groups in total. The van der Waals surface area contributed by atoms with Crippen LogP contribution in [0, 0.1) is 17.3 Å². The first kappa shape index (κ1) is 22.9. The van der Waals surface area contributed by atoms with E-state index in [2.05, 4.69) is 61.9 Å². The third-order valence-corrected chi connectivity index (χ3v) is 7.70. The summed E-state index contributed by atoms with van der Waals surface area (Å²) in [6, 6.07) is 10.3. The predicted octanol–water partition coefficient (Wildman–Crippen LogP) is 5.58. The summed E-state index contributed by atoms with van der Waals surface area (Å²) in [7, 11) is 1.69. The average Bonchev–Trinajstić information content (AvgIpc) is 3.30. The van der Waals surface area contributed by atoms with Crippen molar-refractivity contribution >= 4 is 23.1 Å². The highest BCUT2D eigenvalue weighted by Crippen LogP contribution is 2.48.